The molecule has 0 radical (unpaired) electrons. The number of hydrogen-bond donors (Lipinski definition) is 2. The number of morpholine rings is 1. The number of aliphatic imine (C=N–C) groups is 1. The molecule has 1 fully saturated rings. The Morgan fingerprint density at radius 3 is 2.84 bits per heavy atom. The molecule has 0 unspecified atom stereocenters. The van der Waals surface area contributed by atoms with Crippen LogP contribution in [0.25, 0.3) is 0 Å². The zero-order valence-electron chi connectivity index (χ0n) is 14.5. The summed E-state index contributed by atoms with van der Waals surface area (Å²) in [5, 5.41) is 6.48. The van der Waals surface area contributed by atoms with Gasteiger partial charge in [0.25, 0.3) is 6.43 Å². The van der Waals surface area contributed by atoms with Gasteiger partial charge in [-0.15, -0.1) is 0 Å². The fourth-order valence-electron chi connectivity index (χ4n) is 2.47. The first-order chi connectivity index (χ1) is 12.2. The van der Waals surface area contributed by atoms with Crippen molar-refractivity contribution in [3.63, 3.8) is 0 Å². The van der Waals surface area contributed by atoms with Gasteiger partial charge in [0.2, 0.25) is 0 Å². The minimum absolute atomic E-state index is 0.440. The van der Waals surface area contributed by atoms with Crippen molar-refractivity contribution in [2.45, 2.75) is 13.0 Å². The summed E-state index contributed by atoms with van der Waals surface area (Å²) in [5.74, 6) is 1.14. The van der Waals surface area contributed by atoms with Crippen molar-refractivity contribution in [3.05, 3.63) is 29.8 Å². The average Bonchev–Trinajstić information content (AvgIpc) is 2.64. The normalized spacial score (nSPS) is 16.1. The predicted molar refractivity (Wildman–Crippen MR) is 93.4 cm³/mol. The summed E-state index contributed by atoms with van der Waals surface area (Å²) in [5.41, 5.74) is 0.933. The molecular weight excluding hydrogens is 330 g/mol. The van der Waals surface area contributed by atoms with Crippen LogP contribution in [0.5, 0.6) is 5.75 Å². The highest BCUT2D eigenvalue weighted by Gasteiger charge is 2.09. The molecule has 0 aromatic heterocycles. The van der Waals surface area contributed by atoms with E-state index in [0.29, 0.717) is 18.3 Å². The quantitative estimate of drug-likeness (QED) is 0.544. The molecule has 1 aliphatic heterocycles. The van der Waals surface area contributed by atoms with Crippen LogP contribution in [0.2, 0.25) is 0 Å². The molecule has 1 aromatic rings. The van der Waals surface area contributed by atoms with Gasteiger partial charge in [-0.3, -0.25) is 9.89 Å². The molecule has 25 heavy (non-hydrogen) atoms. The molecule has 140 valence electrons. The molecule has 0 saturated carbocycles. The molecule has 1 saturated heterocycles. The Balaban J connectivity index is 1.71. The van der Waals surface area contributed by atoms with E-state index >= 15 is 0 Å². The summed E-state index contributed by atoms with van der Waals surface area (Å²) in [6, 6.07) is 7.10. The second-order valence-electron chi connectivity index (χ2n) is 5.66. The molecule has 0 aliphatic carbocycles. The van der Waals surface area contributed by atoms with Crippen molar-refractivity contribution in [1.82, 2.24) is 15.5 Å². The van der Waals surface area contributed by atoms with E-state index in [0.717, 1.165) is 45.0 Å². The Labute approximate surface area is 147 Å². The van der Waals surface area contributed by atoms with Gasteiger partial charge in [-0.2, -0.15) is 0 Å². The Morgan fingerprint density at radius 2 is 2.12 bits per heavy atom. The summed E-state index contributed by atoms with van der Waals surface area (Å²) in [6.07, 6.45) is -2.48. The summed E-state index contributed by atoms with van der Waals surface area (Å²) in [4.78, 5) is 6.53. The van der Waals surface area contributed by atoms with Crippen molar-refractivity contribution in [1.29, 1.82) is 0 Å². The lowest BCUT2D eigenvalue weighted by Crippen LogP contribution is -2.44. The van der Waals surface area contributed by atoms with Crippen LogP contribution >= 0.6 is 0 Å². The second kappa shape index (κ2) is 10.8. The molecule has 0 atom stereocenters. The van der Waals surface area contributed by atoms with Crippen LogP contribution in [0.3, 0.4) is 0 Å². The smallest absolute Gasteiger partial charge is 0.272 e. The molecule has 8 heteroatoms. The first kappa shape index (κ1) is 19.4. The van der Waals surface area contributed by atoms with Crippen LogP contribution in [0.1, 0.15) is 5.56 Å². The Bertz CT molecular complexity index is 537. The number of nitrogens with zero attached hydrogens (tertiary/aromatic N) is 2. The first-order valence-corrected chi connectivity index (χ1v) is 8.42. The van der Waals surface area contributed by atoms with Crippen LogP contribution in [0, 0.1) is 0 Å². The van der Waals surface area contributed by atoms with E-state index in [2.05, 4.69) is 20.5 Å². The maximum Gasteiger partial charge on any atom is 0.272 e. The van der Waals surface area contributed by atoms with E-state index in [-0.39, 0.29) is 0 Å². The van der Waals surface area contributed by atoms with Crippen LogP contribution in [-0.4, -0.2) is 70.3 Å². The fourth-order valence-corrected chi connectivity index (χ4v) is 2.47. The summed E-state index contributed by atoms with van der Waals surface area (Å²) in [6.45, 7) is 5.15. The highest BCUT2D eigenvalue weighted by atomic mass is 19.3. The average molecular weight is 356 g/mol. The Morgan fingerprint density at radius 1 is 1.32 bits per heavy atom. The number of alkyl halides is 2. The zero-order valence-corrected chi connectivity index (χ0v) is 14.5. The molecule has 1 aromatic carbocycles. The van der Waals surface area contributed by atoms with Crippen molar-refractivity contribution in [2.75, 3.05) is 53.0 Å². The molecule has 0 bridgehead atoms. The molecule has 2 rings (SSSR count). The third-order valence-electron chi connectivity index (χ3n) is 3.78. The largest absolute Gasteiger partial charge is 0.488 e. The monoisotopic (exact) mass is 356 g/mol. The van der Waals surface area contributed by atoms with Gasteiger partial charge in [0, 0.05) is 39.8 Å². The van der Waals surface area contributed by atoms with Crippen molar-refractivity contribution >= 4 is 5.96 Å². The number of guanidine groups is 1. The third kappa shape index (κ3) is 7.66. The fraction of sp³-hybridized carbons (Fsp3) is 0.588. The van der Waals surface area contributed by atoms with E-state index < -0.39 is 13.0 Å². The lowest BCUT2D eigenvalue weighted by atomic mass is 10.2. The van der Waals surface area contributed by atoms with E-state index in [4.69, 9.17) is 9.47 Å². The Hall–Kier alpha value is -1.93. The SMILES string of the molecule is CN=C(NCCN1CCOCC1)NCc1cccc(OCC(F)F)c1. The topological polar surface area (TPSA) is 58.1 Å². The van der Waals surface area contributed by atoms with Crippen molar-refractivity contribution in [3.8, 4) is 5.75 Å². The molecule has 1 heterocycles. The number of rotatable bonds is 8. The first-order valence-electron chi connectivity index (χ1n) is 8.42. The second-order valence-corrected chi connectivity index (χ2v) is 5.66. The number of hydrogen-bond acceptors (Lipinski definition) is 4. The predicted octanol–water partition coefficient (Wildman–Crippen LogP) is 1.33. The van der Waals surface area contributed by atoms with Crippen molar-refractivity contribution < 1.29 is 18.3 Å². The van der Waals surface area contributed by atoms with Gasteiger partial charge in [-0.05, 0) is 17.7 Å². The summed E-state index contributed by atoms with van der Waals surface area (Å²) < 4.78 is 34.8. The number of benzene rings is 1. The molecule has 0 amide bonds. The van der Waals surface area contributed by atoms with E-state index in [1.807, 2.05) is 6.07 Å². The number of ether oxygens (including phenoxy) is 2. The van der Waals surface area contributed by atoms with Gasteiger partial charge in [-0.25, -0.2) is 8.78 Å². The van der Waals surface area contributed by atoms with Gasteiger partial charge in [0.05, 0.1) is 13.2 Å². The van der Waals surface area contributed by atoms with Gasteiger partial charge in [-0.1, -0.05) is 12.1 Å². The molecule has 6 nitrogen and oxygen atoms in total. The molecule has 2 N–H and O–H groups in total. The van der Waals surface area contributed by atoms with Gasteiger partial charge < -0.3 is 20.1 Å². The maximum absolute atomic E-state index is 12.2. The lowest BCUT2D eigenvalue weighted by molar-refractivity contribution is 0.0389. The standard InChI is InChI=1S/C17H26F2N4O2/c1-20-17(21-5-6-23-7-9-24-10-8-23)22-12-14-3-2-4-15(11-14)25-13-16(18)19/h2-4,11,16H,5-10,12-13H2,1H3,(H2,20,21,22). The number of nitrogens with one attached hydrogen (secondary N) is 2. The highest BCUT2D eigenvalue weighted by Crippen LogP contribution is 2.14. The number of halogens is 2. The Kier molecular flexibility index (Phi) is 8.41. The molecule has 1 aliphatic rings. The minimum Gasteiger partial charge on any atom is -0.488 e. The van der Waals surface area contributed by atoms with Crippen LogP contribution in [0.15, 0.2) is 29.3 Å². The summed E-state index contributed by atoms with van der Waals surface area (Å²) >= 11 is 0. The van der Waals surface area contributed by atoms with Crippen LogP contribution in [0.4, 0.5) is 8.78 Å². The van der Waals surface area contributed by atoms with Gasteiger partial charge in [0.1, 0.15) is 12.4 Å². The third-order valence-corrected chi connectivity index (χ3v) is 3.78. The lowest BCUT2D eigenvalue weighted by Gasteiger charge is -2.26. The van der Waals surface area contributed by atoms with E-state index in [1.54, 1.807) is 25.2 Å². The summed E-state index contributed by atoms with van der Waals surface area (Å²) in [7, 11) is 1.71. The molecule has 0 spiro atoms. The van der Waals surface area contributed by atoms with Crippen molar-refractivity contribution in [2.24, 2.45) is 4.99 Å². The van der Waals surface area contributed by atoms with Crippen LogP contribution < -0.4 is 15.4 Å². The highest BCUT2D eigenvalue weighted by molar-refractivity contribution is 5.79. The van der Waals surface area contributed by atoms with E-state index in [1.165, 1.54) is 0 Å². The van der Waals surface area contributed by atoms with Crippen LogP contribution in [-0.2, 0) is 11.3 Å². The van der Waals surface area contributed by atoms with Gasteiger partial charge in [0.15, 0.2) is 5.96 Å². The van der Waals surface area contributed by atoms with E-state index in [9.17, 15) is 8.78 Å². The maximum atomic E-state index is 12.2. The zero-order chi connectivity index (χ0) is 17.9. The molecular formula is C17H26F2N4O2. The van der Waals surface area contributed by atoms with Gasteiger partial charge >= 0.3 is 0 Å². The minimum atomic E-state index is -2.48.